The predicted octanol–water partition coefficient (Wildman–Crippen LogP) is 4.85. The van der Waals surface area contributed by atoms with Gasteiger partial charge < -0.3 is 25.2 Å². The smallest absolute Gasteiger partial charge is 0.319 e. The lowest BCUT2D eigenvalue weighted by atomic mass is 10.0. The second-order valence-electron chi connectivity index (χ2n) is 9.96. The number of anilines is 1. The Labute approximate surface area is 226 Å². The van der Waals surface area contributed by atoms with Crippen molar-refractivity contribution < 1.29 is 19.1 Å². The number of nitrogens with zero attached hydrogens (tertiary/aromatic N) is 2. The molecule has 1 heterocycles. The molecular formula is C30H42N4O4. The number of benzene rings is 2. The van der Waals surface area contributed by atoms with Crippen LogP contribution in [0.2, 0.25) is 0 Å². The maximum Gasteiger partial charge on any atom is 0.319 e. The van der Waals surface area contributed by atoms with Gasteiger partial charge in [-0.15, -0.1) is 0 Å². The first-order valence-electron chi connectivity index (χ1n) is 13.7. The van der Waals surface area contributed by atoms with Crippen molar-refractivity contribution in [3.63, 3.8) is 0 Å². The van der Waals surface area contributed by atoms with Crippen molar-refractivity contribution in [3.05, 3.63) is 60.2 Å². The zero-order chi connectivity index (χ0) is 27.3. The SMILES string of the molecule is CCCCCCCC(=O)N1CCN(C(=O)C(Cc2ccccc2)NC(=O)Nc2cccc(OC)c2)CC1C. The van der Waals surface area contributed by atoms with Crippen LogP contribution >= 0.6 is 0 Å². The van der Waals surface area contributed by atoms with Gasteiger partial charge >= 0.3 is 6.03 Å². The number of methoxy groups -OCH3 is 1. The summed E-state index contributed by atoms with van der Waals surface area (Å²) >= 11 is 0. The van der Waals surface area contributed by atoms with Crippen molar-refractivity contribution in [1.29, 1.82) is 0 Å². The maximum atomic E-state index is 13.6. The van der Waals surface area contributed by atoms with Crippen molar-refractivity contribution >= 4 is 23.5 Å². The second-order valence-corrected chi connectivity index (χ2v) is 9.96. The summed E-state index contributed by atoms with van der Waals surface area (Å²) in [5.41, 5.74) is 1.53. The zero-order valence-electron chi connectivity index (χ0n) is 22.9. The van der Waals surface area contributed by atoms with Gasteiger partial charge in [0.1, 0.15) is 11.8 Å². The molecule has 0 aliphatic carbocycles. The van der Waals surface area contributed by atoms with Crippen LogP contribution in [-0.2, 0) is 16.0 Å². The number of hydrogen-bond acceptors (Lipinski definition) is 4. The topological polar surface area (TPSA) is 91.0 Å². The molecule has 1 aliphatic rings. The molecule has 1 aliphatic heterocycles. The first-order valence-corrected chi connectivity index (χ1v) is 13.7. The highest BCUT2D eigenvalue weighted by molar-refractivity contribution is 5.94. The van der Waals surface area contributed by atoms with Crippen molar-refractivity contribution in [1.82, 2.24) is 15.1 Å². The maximum absolute atomic E-state index is 13.6. The average Bonchev–Trinajstić information content (AvgIpc) is 2.92. The van der Waals surface area contributed by atoms with E-state index in [1.54, 1.807) is 36.3 Å². The van der Waals surface area contributed by atoms with Crippen LogP contribution in [0.5, 0.6) is 5.75 Å². The predicted molar refractivity (Wildman–Crippen MR) is 150 cm³/mol. The third kappa shape index (κ3) is 8.78. The number of hydrogen-bond donors (Lipinski definition) is 2. The quantitative estimate of drug-likeness (QED) is 0.390. The number of piperazine rings is 1. The van der Waals surface area contributed by atoms with Gasteiger partial charge in [-0.25, -0.2) is 4.79 Å². The number of carbonyl (C=O) groups is 3. The van der Waals surface area contributed by atoms with E-state index in [9.17, 15) is 14.4 Å². The van der Waals surface area contributed by atoms with E-state index in [1.165, 1.54) is 19.3 Å². The van der Waals surface area contributed by atoms with Crippen LogP contribution in [0, 0.1) is 0 Å². The molecule has 1 saturated heterocycles. The highest BCUT2D eigenvalue weighted by atomic mass is 16.5. The Morgan fingerprint density at radius 2 is 1.76 bits per heavy atom. The number of nitrogens with one attached hydrogen (secondary N) is 2. The van der Waals surface area contributed by atoms with Crippen molar-refractivity contribution in [2.24, 2.45) is 0 Å². The van der Waals surface area contributed by atoms with E-state index >= 15 is 0 Å². The summed E-state index contributed by atoms with van der Waals surface area (Å²) in [6, 6.07) is 15.4. The second kappa shape index (κ2) is 15.0. The molecule has 1 fully saturated rings. The van der Waals surface area contributed by atoms with Gasteiger partial charge in [0.2, 0.25) is 11.8 Å². The molecule has 8 nitrogen and oxygen atoms in total. The zero-order valence-corrected chi connectivity index (χ0v) is 22.9. The minimum Gasteiger partial charge on any atom is -0.497 e. The number of carbonyl (C=O) groups excluding carboxylic acids is 3. The van der Waals surface area contributed by atoms with Crippen molar-refractivity contribution in [3.8, 4) is 5.75 Å². The molecule has 2 aromatic rings. The van der Waals surface area contributed by atoms with Crippen LogP contribution in [0.4, 0.5) is 10.5 Å². The van der Waals surface area contributed by atoms with Crippen molar-refractivity contribution in [2.75, 3.05) is 32.1 Å². The van der Waals surface area contributed by atoms with Gasteiger partial charge in [0, 0.05) is 50.3 Å². The lowest BCUT2D eigenvalue weighted by molar-refractivity contribution is -0.143. The molecule has 8 heteroatoms. The van der Waals surface area contributed by atoms with E-state index in [-0.39, 0.29) is 17.9 Å². The Bertz CT molecular complexity index is 1050. The highest BCUT2D eigenvalue weighted by Crippen LogP contribution is 2.18. The van der Waals surface area contributed by atoms with Crippen LogP contribution in [0.25, 0.3) is 0 Å². The van der Waals surface area contributed by atoms with Crippen LogP contribution in [0.15, 0.2) is 54.6 Å². The summed E-state index contributed by atoms with van der Waals surface area (Å²) in [4.78, 5) is 43.0. The Hall–Kier alpha value is -3.55. The van der Waals surface area contributed by atoms with Gasteiger partial charge in [0.25, 0.3) is 0 Å². The number of amides is 4. The van der Waals surface area contributed by atoms with E-state index in [0.717, 1.165) is 18.4 Å². The van der Waals surface area contributed by atoms with Gasteiger partial charge in [-0.3, -0.25) is 9.59 Å². The first-order chi connectivity index (χ1) is 18.4. The Balaban J connectivity index is 1.61. The molecule has 0 spiro atoms. The minimum atomic E-state index is -0.740. The summed E-state index contributed by atoms with van der Waals surface area (Å²) in [6.07, 6.45) is 6.49. The highest BCUT2D eigenvalue weighted by Gasteiger charge is 2.33. The van der Waals surface area contributed by atoms with Gasteiger partial charge in [0.15, 0.2) is 0 Å². The molecular weight excluding hydrogens is 480 g/mol. The van der Waals surface area contributed by atoms with E-state index in [2.05, 4.69) is 17.6 Å². The summed E-state index contributed by atoms with van der Waals surface area (Å²) in [5.74, 6) is 0.646. The largest absolute Gasteiger partial charge is 0.497 e. The fraction of sp³-hybridized carbons (Fsp3) is 0.500. The molecule has 0 radical (unpaired) electrons. The third-order valence-electron chi connectivity index (χ3n) is 6.97. The molecule has 38 heavy (non-hydrogen) atoms. The van der Waals surface area contributed by atoms with E-state index < -0.39 is 12.1 Å². The third-order valence-corrected chi connectivity index (χ3v) is 6.97. The summed E-state index contributed by atoms with van der Waals surface area (Å²) in [5, 5.41) is 5.68. The fourth-order valence-electron chi connectivity index (χ4n) is 4.85. The molecule has 2 unspecified atom stereocenters. The lowest BCUT2D eigenvalue weighted by Gasteiger charge is -2.41. The molecule has 3 rings (SSSR count). The molecule has 0 aromatic heterocycles. The van der Waals surface area contributed by atoms with Crippen LogP contribution < -0.4 is 15.4 Å². The Morgan fingerprint density at radius 1 is 1.00 bits per heavy atom. The van der Waals surface area contributed by atoms with Gasteiger partial charge in [-0.2, -0.15) is 0 Å². The molecule has 4 amide bonds. The summed E-state index contributed by atoms with van der Waals surface area (Å²) in [7, 11) is 1.57. The monoisotopic (exact) mass is 522 g/mol. The van der Waals surface area contributed by atoms with Crippen LogP contribution in [-0.4, -0.2) is 66.5 Å². The lowest BCUT2D eigenvalue weighted by Crippen LogP contribution is -2.59. The number of rotatable bonds is 12. The van der Waals surface area contributed by atoms with Gasteiger partial charge in [0.05, 0.1) is 7.11 Å². The average molecular weight is 523 g/mol. The van der Waals surface area contributed by atoms with Crippen LogP contribution in [0.1, 0.15) is 57.9 Å². The summed E-state index contributed by atoms with van der Waals surface area (Å²) < 4.78 is 5.23. The number of ether oxygens (including phenoxy) is 1. The Morgan fingerprint density at radius 3 is 2.47 bits per heavy atom. The van der Waals surface area contributed by atoms with Crippen LogP contribution in [0.3, 0.4) is 0 Å². The molecule has 2 atom stereocenters. The minimum absolute atomic E-state index is 0.0705. The van der Waals surface area contributed by atoms with E-state index in [1.807, 2.05) is 42.2 Å². The molecule has 2 aromatic carbocycles. The number of unbranched alkanes of at least 4 members (excludes halogenated alkanes) is 4. The normalized spacial score (nSPS) is 16.0. The van der Waals surface area contributed by atoms with Gasteiger partial charge in [-0.1, -0.05) is 69.0 Å². The molecule has 206 valence electrons. The molecule has 2 N–H and O–H groups in total. The number of urea groups is 1. The van der Waals surface area contributed by atoms with E-state index in [0.29, 0.717) is 43.9 Å². The first kappa shape index (κ1) is 29.0. The molecule has 0 bridgehead atoms. The van der Waals surface area contributed by atoms with E-state index in [4.69, 9.17) is 4.74 Å². The standard InChI is InChI=1S/C30H42N4O4/c1-4-5-6-7-11-17-28(35)34-19-18-33(22-23(34)2)29(36)27(20-24-13-9-8-10-14-24)32-30(37)31-25-15-12-16-26(21-25)38-3/h8-10,12-16,21,23,27H,4-7,11,17-20,22H2,1-3H3,(H2,31,32,37). The summed E-state index contributed by atoms with van der Waals surface area (Å²) in [6.45, 7) is 5.58. The Kier molecular flexibility index (Phi) is 11.5. The molecule has 0 saturated carbocycles. The van der Waals surface area contributed by atoms with Crippen molar-refractivity contribution in [2.45, 2.75) is 70.9 Å². The fourth-order valence-corrected chi connectivity index (χ4v) is 4.85. The van der Waals surface area contributed by atoms with Gasteiger partial charge in [-0.05, 0) is 31.0 Å².